The van der Waals surface area contributed by atoms with Crippen LogP contribution in [0.2, 0.25) is 0 Å². The minimum Gasteiger partial charge on any atom is -0.326 e. The largest absolute Gasteiger partial charge is 0.326 e. The molecule has 0 atom stereocenters. The maximum atomic E-state index is 13.2. The van der Waals surface area contributed by atoms with Crippen LogP contribution < -0.4 is 9.62 Å². The number of hydrogen-bond acceptors (Lipinski definition) is 3. The zero-order valence-corrected chi connectivity index (χ0v) is 17.7. The van der Waals surface area contributed by atoms with Crippen molar-refractivity contribution in [3.8, 4) is 0 Å². The molecule has 2 aromatic rings. The molecule has 1 heterocycles. The quantitative estimate of drug-likeness (QED) is 0.794. The summed E-state index contributed by atoms with van der Waals surface area (Å²) >= 11 is 0. The lowest BCUT2D eigenvalue weighted by molar-refractivity contribution is -0.120. The number of aryl methyl sites for hydroxylation is 2. The van der Waals surface area contributed by atoms with Crippen molar-refractivity contribution in [1.82, 2.24) is 0 Å². The summed E-state index contributed by atoms with van der Waals surface area (Å²) < 4.78 is 27.9. The number of sulfonamides is 1. The first-order chi connectivity index (χ1) is 13.9. The third-order valence-electron chi connectivity index (χ3n) is 6.01. The Hall–Kier alpha value is -2.34. The maximum Gasteiger partial charge on any atom is 0.264 e. The highest BCUT2D eigenvalue weighted by Gasteiger charge is 2.29. The Morgan fingerprint density at radius 1 is 1.00 bits per heavy atom. The van der Waals surface area contributed by atoms with E-state index in [-0.39, 0.29) is 11.8 Å². The predicted molar refractivity (Wildman–Crippen MR) is 116 cm³/mol. The Morgan fingerprint density at radius 2 is 1.72 bits per heavy atom. The van der Waals surface area contributed by atoms with Crippen LogP contribution in [0.1, 0.15) is 49.7 Å². The van der Waals surface area contributed by atoms with Crippen molar-refractivity contribution < 1.29 is 13.2 Å². The van der Waals surface area contributed by atoms with Crippen molar-refractivity contribution in [2.75, 3.05) is 16.2 Å². The standard InChI is InChI=1S/C23H28N2O3S/c1-17-9-12-21(13-10-17)29(27,28)25-15-5-8-19-16-20(11-14-22(19)25)24-23(26)18-6-3-2-4-7-18/h9-14,16,18H,2-8,15H2,1H3,(H,24,26). The van der Waals surface area contributed by atoms with Gasteiger partial charge in [0, 0.05) is 18.2 Å². The van der Waals surface area contributed by atoms with Crippen molar-refractivity contribution in [1.29, 1.82) is 0 Å². The molecule has 1 amide bonds. The smallest absolute Gasteiger partial charge is 0.264 e. The fraction of sp³-hybridized carbons (Fsp3) is 0.435. The van der Waals surface area contributed by atoms with E-state index in [2.05, 4.69) is 5.32 Å². The molecule has 0 saturated heterocycles. The average molecular weight is 413 g/mol. The number of rotatable bonds is 4. The first-order valence-corrected chi connectivity index (χ1v) is 11.9. The van der Waals surface area contributed by atoms with E-state index in [0.29, 0.717) is 17.1 Å². The maximum absolute atomic E-state index is 13.2. The summed E-state index contributed by atoms with van der Waals surface area (Å²) in [7, 11) is -3.60. The average Bonchev–Trinajstić information content (AvgIpc) is 2.74. The third-order valence-corrected chi connectivity index (χ3v) is 7.84. The molecule has 2 aromatic carbocycles. The topological polar surface area (TPSA) is 66.5 Å². The van der Waals surface area contributed by atoms with E-state index in [1.54, 1.807) is 12.1 Å². The zero-order valence-electron chi connectivity index (χ0n) is 16.9. The summed E-state index contributed by atoms with van der Waals surface area (Å²) in [6.07, 6.45) is 6.94. The molecule has 0 bridgehead atoms. The highest BCUT2D eigenvalue weighted by molar-refractivity contribution is 7.92. The van der Waals surface area contributed by atoms with Gasteiger partial charge < -0.3 is 5.32 Å². The van der Waals surface area contributed by atoms with Crippen LogP contribution in [-0.2, 0) is 21.2 Å². The van der Waals surface area contributed by atoms with Gasteiger partial charge in [-0.3, -0.25) is 9.10 Å². The van der Waals surface area contributed by atoms with Crippen LogP contribution >= 0.6 is 0 Å². The molecule has 29 heavy (non-hydrogen) atoms. The Balaban J connectivity index is 1.57. The summed E-state index contributed by atoms with van der Waals surface area (Å²) in [5.74, 6) is 0.183. The molecular formula is C23H28N2O3S. The van der Waals surface area contributed by atoms with Crippen molar-refractivity contribution in [2.45, 2.75) is 56.8 Å². The van der Waals surface area contributed by atoms with E-state index in [9.17, 15) is 13.2 Å². The molecule has 0 aromatic heterocycles. The second kappa shape index (κ2) is 8.19. The van der Waals surface area contributed by atoms with Gasteiger partial charge >= 0.3 is 0 Å². The van der Waals surface area contributed by atoms with E-state index in [4.69, 9.17) is 0 Å². The van der Waals surface area contributed by atoms with E-state index >= 15 is 0 Å². The molecule has 0 radical (unpaired) electrons. The SMILES string of the molecule is Cc1ccc(S(=O)(=O)N2CCCc3cc(NC(=O)C4CCCCC4)ccc32)cc1. The van der Waals surface area contributed by atoms with Crippen molar-refractivity contribution >= 4 is 27.3 Å². The molecule has 1 N–H and O–H groups in total. The number of nitrogens with one attached hydrogen (secondary N) is 1. The zero-order chi connectivity index (χ0) is 20.4. The van der Waals surface area contributed by atoms with Gasteiger partial charge in [0.15, 0.2) is 0 Å². The van der Waals surface area contributed by atoms with Crippen LogP contribution in [-0.4, -0.2) is 20.9 Å². The molecule has 2 aliphatic rings. The molecule has 1 aliphatic carbocycles. The lowest BCUT2D eigenvalue weighted by Crippen LogP contribution is -2.35. The Bertz CT molecular complexity index is 993. The second-order valence-electron chi connectivity index (χ2n) is 8.16. The van der Waals surface area contributed by atoms with Gasteiger partial charge in [-0.2, -0.15) is 0 Å². The number of carbonyl (C=O) groups is 1. The molecule has 1 aliphatic heterocycles. The number of hydrogen-bond donors (Lipinski definition) is 1. The van der Waals surface area contributed by atoms with Gasteiger partial charge in [-0.05, 0) is 68.5 Å². The molecule has 6 heteroatoms. The van der Waals surface area contributed by atoms with E-state index in [1.807, 2.05) is 37.3 Å². The predicted octanol–water partition coefficient (Wildman–Crippen LogP) is 4.66. The van der Waals surface area contributed by atoms with E-state index < -0.39 is 10.0 Å². The van der Waals surface area contributed by atoms with Gasteiger partial charge in [0.1, 0.15) is 0 Å². The first kappa shape index (κ1) is 20.0. The monoisotopic (exact) mass is 412 g/mol. The number of benzene rings is 2. The van der Waals surface area contributed by atoms with Crippen molar-refractivity contribution in [3.63, 3.8) is 0 Å². The minimum atomic E-state index is -3.60. The number of amides is 1. The molecule has 5 nitrogen and oxygen atoms in total. The Labute approximate surface area is 173 Å². The van der Waals surface area contributed by atoms with Crippen LogP contribution in [0.5, 0.6) is 0 Å². The number of nitrogens with zero attached hydrogens (tertiary/aromatic N) is 1. The van der Waals surface area contributed by atoms with Crippen LogP contribution in [0, 0.1) is 12.8 Å². The van der Waals surface area contributed by atoms with Crippen molar-refractivity contribution in [2.24, 2.45) is 5.92 Å². The normalized spacial score (nSPS) is 17.6. The summed E-state index contributed by atoms with van der Waals surface area (Å²) in [4.78, 5) is 12.9. The molecule has 154 valence electrons. The number of anilines is 2. The summed E-state index contributed by atoms with van der Waals surface area (Å²) in [6.45, 7) is 2.41. The number of carbonyl (C=O) groups excluding carboxylic acids is 1. The van der Waals surface area contributed by atoms with Crippen LogP contribution in [0.25, 0.3) is 0 Å². The fourth-order valence-corrected chi connectivity index (χ4v) is 5.88. The molecule has 1 saturated carbocycles. The van der Waals surface area contributed by atoms with Crippen LogP contribution in [0.15, 0.2) is 47.4 Å². The van der Waals surface area contributed by atoms with E-state index in [0.717, 1.165) is 55.3 Å². The Morgan fingerprint density at radius 3 is 2.45 bits per heavy atom. The second-order valence-corrected chi connectivity index (χ2v) is 10.0. The minimum absolute atomic E-state index is 0.0876. The van der Waals surface area contributed by atoms with Gasteiger partial charge in [-0.1, -0.05) is 37.0 Å². The Kier molecular flexibility index (Phi) is 5.63. The van der Waals surface area contributed by atoms with Gasteiger partial charge in [0.25, 0.3) is 10.0 Å². The highest BCUT2D eigenvalue weighted by atomic mass is 32.2. The van der Waals surface area contributed by atoms with Crippen LogP contribution in [0.3, 0.4) is 0 Å². The summed E-state index contributed by atoms with van der Waals surface area (Å²) in [6, 6.07) is 12.6. The van der Waals surface area contributed by atoms with Gasteiger partial charge in [-0.15, -0.1) is 0 Å². The number of fused-ring (bicyclic) bond motifs is 1. The third kappa shape index (κ3) is 4.17. The molecular weight excluding hydrogens is 384 g/mol. The highest BCUT2D eigenvalue weighted by Crippen LogP contribution is 2.34. The molecule has 4 rings (SSSR count). The summed E-state index contributed by atoms with van der Waals surface area (Å²) in [5.41, 5.74) is 3.47. The molecule has 0 spiro atoms. The lowest BCUT2D eigenvalue weighted by atomic mass is 9.88. The van der Waals surface area contributed by atoms with Gasteiger partial charge in [-0.25, -0.2) is 8.42 Å². The van der Waals surface area contributed by atoms with Crippen molar-refractivity contribution in [3.05, 3.63) is 53.6 Å². The molecule has 0 unspecified atom stereocenters. The summed E-state index contributed by atoms with van der Waals surface area (Å²) in [5, 5.41) is 3.05. The van der Waals surface area contributed by atoms with Crippen LogP contribution in [0.4, 0.5) is 11.4 Å². The van der Waals surface area contributed by atoms with E-state index in [1.165, 1.54) is 10.7 Å². The van der Waals surface area contributed by atoms with Gasteiger partial charge in [0.2, 0.25) is 5.91 Å². The van der Waals surface area contributed by atoms with Gasteiger partial charge in [0.05, 0.1) is 10.6 Å². The lowest BCUT2D eigenvalue weighted by Gasteiger charge is -2.31. The molecule has 1 fully saturated rings. The first-order valence-electron chi connectivity index (χ1n) is 10.5. The fourth-order valence-electron chi connectivity index (χ4n) is 4.34.